The minimum absolute atomic E-state index is 0.0304. The first kappa shape index (κ1) is 17.3. The van der Waals surface area contributed by atoms with Crippen molar-refractivity contribution in [2.24, 2.45) is 5.92 Å². The third-order valence-electron chi connectivity index (χ3n) is 4.48. The van der Waals surface area contributed by atoms with E-state index in [0.717, 1.165) is 0 Å². The average molecular weight is 376 g/mol. The molecule has 0 radical (unpaired) electrons. The SMILES string of the molecule is O=C(Nc1ccccn1)c1cnn2ccc(N3CCC(C(F)(F)F)C3)nc12. The van der Waals surface area contributed by atoms with Gasteiger partial charge in [-0.05, 0) is 24.6 Å². The summed E-state index contributed by atoms with van der Waals surface area (Å²) in [6.07, 6.45) is 0.307. The number of nitrogens with zero attached hydrogens (tertiary/aromatic N) is 5. The topological polar surface area (TPSA) is 75.4 Å². The molecule has 10 heteroatoms. The highest BCUT2D eigenvalue weighted by molar-refractivity contribution is 6.07. The second-order valence-electron chi connectivity index (χ2n) is 6.25. The first-order chi connectivity index (χ1) is 12.9. The monoisotopic (exact) mass is 376 g/mol. The lowest BCUT2D eigenvalue weighted by molar-refractivity contribution is -0.168. The van der Waals surface area contributed by atoms with Crippen molar-refractivity contribution in [3.05, 3.63) is 48.4 Å². The molecule has 1 aliphatic heterocycles. The van der Waals surface area contributed by atoms with Gasteiger partial charge in [0.15, 0.2) is 5.65 Å². The van der Waals surface area contributed by atoms with Crippen LogP contribution in [0.4, 0.5) is 24.8 Å². The number of hydrogen-bond donors (Lipinski definition) is 1. The molecule has 4 heterocycles. The number of anilines is 2. The molecule has 1 fully saturated rings. The number of rotatable bonds is 3. The van der Waals surface area contributed by atoms with Crippen molar-refractivity contribution in [3.63, 3.8) is 0 Å². The van der Waals surface area contributed by atoms with Crippen LogP contribution in [0.5, 0.6) is 0 Å². The van der Waals surface area contributed by atoms with Crippen molar-refractivity contribution in [3.8, 4) is 0 Å². The molecule has 27 heavy (non-hydrogen) atoms. The normalized spacial score (nSPS) is 17.4. The van der Waals surface area contributed by atoms with Crippen molar-refractivity contribution >= 4 is 23.2 Å². The van der Waals surface area contributed by atoms with E-state index in [1.54, 1.807) is 41.6 Å². The zero-order valence-electron chi connectivity index (χ0n) is 14.0. The second-order valence-corrected chi connectivity index (χ2v) is 6.25. The van der Waals surface area contributed by atoms with Crippen LogP contribution in [0, 0.1) is 5.92 Å². The summed E-state index contributed by atoms with van der Waals surface area (Å²) in [6.45, 7) is 0.118. The van der Waals surface area contributed by atoms with E-state index < -0.39 is 18.0 Å². The summed E-state index contributed by atoms with van der Waals surface area (Å²) in [7, 11) is 0. The Balaban J connectivity index is 1.59. The predicted molar refractivity (Wildman–Crippen MR) is 91.6 cm³/mol. The fourth-order valence-corrected chi connectivity index (χ4v) is 3.05. The molecule has 1 saturated heterocycles. The maximum absolute atomic E-state index is 12.9. The molecule has 3 aromatic heterocycles. The Labute approximate surface area is 151 Å². The summed E-state index contributed by atoms with van der Waals surface area (Å²) in [5.41, 5.74) is 0.491. The van der Waals surface area contributed by atoms with E-state index >= 15 is 0 Å². The number of carbonyl (C=O) groups is 1. The molecule has 3 aromatic rings. The molecule has 0 spiro atoms. The van der Waals surface area contributed by atoms with Crippen LogP contribution in [0.15, 0.2) is 42.9 Å². The third kappa shape index (κ3) is 3.42. The number of pyridine rings is 1. The van der Waals surface area contributed by atoms with Gasteiger partial charge in [0.05, 0.1) is 12.1 Å². The molecular formula is C17H15F3N6O. The lowest BCUT2D eigenvalue weighted by atomic mass is 10.1. The van der Waals surface area contributed by atoms with Crippen molar-refractivity contribution in [1.82, 2.24) is 19.6 Å². The lowest BCUT2D eigenvalue weighted by Gasteiger charge is -2.18. The molecule has 1 N–H and O–H groups in total. The molecule has 0 aliphatic carbocycles. The Morgan fingerprint density at radius 3 is 2.81 bits per heavy atom. The van der Waals surface area contributed by atoms with E-state index in [4.69, 9.17) is 0 Å². The van der Waals surface area contributed by atoms with Gasteiger partial charge in [0.25, 0.3) is 5.91 Å². The zero-order valence-corrected chi connectivity index (χ0v) is 14.0. The zero-order chi connectivity index (χ0) is 19.0. The van der Waals surface area contributed by atoms with Crippen LogP contribution >= 0.6 is 0 Å². The van der Waals surface area contributed by atoms with Crippen LogP contribution in [0.2, 0.25) is 0 Å². The number of amides is 1. The second kappa shape index (κ2) is 6.53. The smallest absolute Gasteiger partial charge is 0.356 e. The number of halogens is 3. The Morgan fingerprint density at radius 2 is 2.11 bits per heavy atom. The molecule has 1 unspecified atom stereocenters. The fourth-order valence-electron chi connectivity index (χ4n) is 3.05. The number of alkyl halides is 3. The molecule has 0 saturated carbocycles. The highest BCUT2D eigenvalue weighted by atomic mass is 19.4. The van der Waals surface area contributed by atoms with Crippen LogP contribution in [-0.4, -0.2) is 44.8 Å². The van der Waals surface area contributed by atoms with Gasteiger partial charge < -0.3 is 10.2 Å². The largest absolute Gasteiger partial charge is 0.393 e. The molecule has 1 amide bonds. The quantitative estimate of drug-likeness (QED) is 0.761. The van der Waals surface area contributed by atoms with Gasteiger partial charge in [-0.25, -0.2) is 14.5 Å². The van der Waals surface area contributed by atoms with E-state index in [2.05, 4.69) is 20.4 Å². The molecular weight excluding hydrogens is 361 g/mol. The highest BCUT2D eigenvalue weighted by Gasteiger charge is 2.43. The fraction of sp³-hybridized carbons (Fsp3) is 0.294. The van der Waals surface area contributed by atoms with Gasteiger partial charge in [-0.3, -0.25) is 4.79 Å². The minimum Gasteiger partial charge on any atom is -0.356 e. The Morgan fingerprint density at radius 1 is 1.26 bits per heavy atom. The van der Waals surface area contributed by atoms with Gasteiger partial charge in [-0.15, -0.1) is 0 Å². The highest BCUT2D eigenvalue weighted by Crippen LogP contribution is 2.35. The standard InChI is InChI=1S/C17H15F3N6O/c18-17(19,20)11-4-7-25(10-11)14-5-8-26-15(24-14)12(9-22-26)16(27)23-13-3-1-2-6-21-13/h1-3,5-6,8-9,11H,4,7,10H2,(H,21,23,27). The van der Waals surface area contributed by atoms with Crippen LogP contribution in [-0.2, 0) is 0 Å². The van der Waals surface area contributed by atoms with Crippen molar-refractivity contribution in [1.29, 1.82) is 0 Å². The summed E-state index contributed by atoms with van der Waals surface area (Å²) in [5, 5.41) is 6.72. The number of carbonyl (C=O) groups excluding carboxylic acids is 1. The van der Waals surface area contributed by atoms with Gasteiger partial charge >= 0.3 is 6.18 Å². The molecule has 4 rings (SSSR count). The van der Waals surface area contributed by atoms with Gasteiger partial charge in [-0.2, -0.15) is 18.3 Å². The van der Waals surface area contributed by atoms with Crippen LogP contribution in [0.25, 0.3) is 5.65 Å². The number of nitrogens with one attached hydrogen (secondary N) is 1. The van der Waals surface area contributed by atoms with Crippen LogP contribution < -0.4 is 10.2 Å². The Hall–Kier alpha value is -3.17. The molecule has 7 nitrogen and oxygen atoms in total. The minimum atomic E-state index is -4.22. The average Bonchev–Trinajstić information content (AvgIpc) is 3.29. The van der Waals surface area contributed by atoms with Crippen LogP contribution in [0.1, 0.15) is 16.8 Å². The van der Waals surface area contributed by atoms with E-state index in [0.29, 0.717) is 11.6 Å². The summed E-state index contributed by atoms with van der Waals surface area (Å²) >= 11 is 0. The first-order valence-corrected chi connectivity index (χ1v) is 8.30. The van der Waals surface area contributed by atoms with Gasteiger partial charge in [0.1, 0.15) is 17.2 Å². The van der Waals surface area contributed by atoms with Crippen molar-refractivity contribution in [2.75, 3.05) is 23.3 Å². The van der Waals surface area contributed by atoms with Gasteiger partial charge in [0.2, 0.25) is 0 Å². The molecule has 1 aliphatic rings. The van der Waals surface area contributed by atoms with E-state index in [1.807, 2.05) is 0 Å². The Bertz CT molecular complexity index is 972. The summed E-state index contributed by atoms with van der Waals surface area (Å²) < 4.78 is 40.1. The number of fused-ring (bicyclic) bond motifs is 1. The number of aromatic nitrogens is 4. The molecule has 140 valence electrons. The maximum Gasteiger partial charge on any atom is 0.393 e. The van der Waals surface area contributed by atoms with E-state index in [-0.39, 0.29) is 30.7 Å². The summed E-state index contributed by atoms with van der Waals surface area (Å²) in [6, 6.07) is 6.70. The maximum atomic E-state index is 12.9. The molecule has 1 atom stereocenters. The predicted octanol–water partition coefficient (Wildman–Crippen LogP) is 2.77. The van der Waals surface area contributed by atoms with E-state index in [1.165, 1.54) is 10.7 Å². The molecule has 0 aromatic carbocycles. The van der Waals surface area contributed by atoms with Gasteiger partial charge in [-0.1, -0.05) is 6.07 Å². The number of hydrogen-bond acceptors (Lipinski definition) is 5. The van der Waals surface area contributed by atoms with Gasteiger partial charge in [0, 0.05) is 25.5 Å². The van der Waals surface area contributed by atoms with Crippen molar-refractivity contribution in [2.45, 2.75) is 12.6 Å². The summed E-state index contributed by atoms with van der Waals surface area (Å²) in [4.78, 5) is 22.5. The lowest BCUT2D eigenvalue weighted by Crippen LogP contribution is -2.28. The first-order valence-electron chi connectivity index (χ1n) is 8.30. The Kier molecular flexibility index (Phi) is 4.17. The summed E-state index contributed by atoms with van der Waals surface area (Å²) in [5.74, 6) is -1.04. The van der Waals surface area contributed by atoms with Crippen molar-refractivity contribution < 1.29 is 18.0 Å². The third-order valence-corrected chi connectivity index (χ3v) is 4.48. The molecule has 0 bridgehead atoms. The van der Waals surface area contributed by atoms with E-state index in [9.17, 15) is 18.0 Å². The van der Waals surface area contributed by atoms with Crippen LogP contribution in [0.3, 0.4) is 0 Å².